The number of thiophene rings is 1. The van der Waals surface area contributed by atoms with E-state index in [-0.39, 0.29) is 37.2 Å². The normalized spacial score (nSPS) is 14.8. The fraction of sp³-hybridized carbons (Fsp3) is 0.214. The molecule has 3 heterocycles. The van der Waals surface area contributed by atoms with Crippen LogP contribution in [0.25, 0.3) is 0 Å². The minimum Gasteiger partial charge on any atom is -0.491 e. The predicted octanol–water partition coefficient (Wildman–Crippen LogP) is 5.98. The van der Waals surface area contributed by atoms with Gasteiger partial charge in [0.05, 0.1) is 18.8 Å². The molecule has 0 N–H and O–H groups in total. The number of nitrogens with zero attached hydrogens (tertiary/aromatic N) is 2. The standard InChI is InChI=1S/C28H24ClFN2O4S/c29-20-6-8-22(9-7-20)36-18-25-24-11-14-37-26(24)10-12-32(25)27(33)17-31(16-23-5-2-13-35-23)28(34)19-3-1-4-21(30)15-19/h1-9,11,13-15,25H,10,12,16-18H2/t25-/m0/s1. The Kier molecular flexibility index (Phi) is 7.58. The molecule has 0 unspecified atom stereocenters. The highest BCUT2D eigenvalue weighted by Crippen LogP contribution is 2.34. The second-order valence-corrected chi connectivity index (χ2v) is 10.1. The maximum atomic E-state index is 13.8. The Labute approximate surface area is 222 Å². The van der Waals surface area contributed by atoms with Crippen molar-refractivity contribution in [2.75, 3.05) is 19.7 Å². The van der Waals surface area contributed by atoms with Crippen LogP contribution in [0.2, 0.25) is 5.02 Å². The predicted molar refractivity (Wildman–Crippen MR) is 139 cm³/mol. The average Bonchev–Trinajstić information content (AvgIpc) is 3.59. The zero-order valence-electron chi connectivity index (χ0n) is 19.8. The van der Waals surface area contributed by atoms with E-state index < -0.39 is 11.7 Å². The van der Waals surface area contributed by atoms with Crippen LogP contribution in [0.5, 0.6) is 5.75 Å². The molecular weight excluding hydrogens is 515 g/mol. The molecule has 2 aromatic carbocycles. The molecule has 0 saturated heterocycles. The van der Waals surface area contributed by atoms with Crippen molar-refractivity contribution in [2.24, 2.45) is 0 Å². The lowest BCUT2D eigenvalue weighted by Crippen LogP contribution is -2.47. The zero-order chi connectivity index (χ0) is 25.8. The first-order valence-electron chi connectivity index (χ1n) is 11.8. The fourth-order valence-electron chi connectivity index (χ4n) is 4.43. The number of benzene rings is 2. The van der Waals surface area contributed by atoms with E-state index in [1.165, 1.54) is 40.3 Å². The highest BCUT2D eigenvalue weighted by molar-refractivity contribution is 7.10. The third kappa shape index (κ3) is 5.87. The van der Waals surface area contributed by atoms with Gasteiger partial charge >= 0.3 is 0 Å². The van der Waals surface area contributed by atoms with E-state index in [1.807, 2.05) is 11.4 Å². The third-order valence-electron chi connectivity index (χ3n) is 6.25. The van der Waals surface area contributed by atoms with Gasteiger partial charge < -0.3 is 19.0 Å². The van der Waals surface area contributed by atoms with E-state index in [1.54, 1.807) is 52.6 Å². The summed E-state index contributed by atoms with van der Waals surface area (Å²) < 4.78 is 25.3. The lowest BCUT2D eigenvalue weighted by atomic mass is 10.0. The van der Waals surface area contributed by atoms with Gasteiger partial charge in [0.1, 0.15) is 30.5 Å². The molecule has 1 atom stereocenters. The lowest BCUT2D eigenvalue weighted by Gasteiger charge is -2.37. The maximum absolute atomic E-state index is 13.8. The van der Waals surface area contributed by atoms with Crippen LogP contribution in [-0.4, -0.2) is 41.3 Å². The molecule has 0 spiro atoms. The first kappa shape index (κ1) is 25.0. The van der Waals surface area contributed by atoms with Gasteiger partial charge in [-0.1, -0.05) is 17.7 Å². The second-order valence-electron chi connectivity index (χ2n) is 8.67. The maximum Gasteiger partial charge on any atom is 0.254 e. The Morgan fingerprint density at radius 1 is 1.14 bits per heavy atom. The van der Waals surface area contributed by atoms with Crippen LogP contribution in [-0.2, 0) is 17.8 Å². The lowest BCUT2D eigenvalue weighted by molar-refractivity contribution is -0.135. The molecule has 190 valence electrons. The largest absolute Gasteiger partial charge is 0.491 e. The van der Waals surface area contributed by atoms with Crippen molar-refractivity contribution in [3.05, 3.63) is 111 Å². The highest BCUT2D eigenvalue weighted by atomic mass is 35.5. The van der Waals surface area contributed by atoms with Gasteiger partial charge in [0.25, 0.3) is 5.91 Å². The van der Waals surface area contributed by atoms with Gasteiger partial charge in [-0.25, -0.2) is 4.39 Å². The number of carbonyl (C=O) groups is 2. The molecule has 0 radical (unpaired) electrons. The van der Waals surface area contributed by atoms with E-state index in [0.29, 0.717) is 23.1 Å². The van der Waals surface area contributed by atoms with Gasteiger partial charge in [-0.3, -0.25) is 9.59 Å². The number of halogens is 2. The van der Waals surface area contributed by atoms with E-state index in [9.17, 15) is 14.0 Å². The molecule has 1 aliphatic heterocycles. The van der Waals surface area contributed by atoms with Crippen LogP contribution in [0.3, 0.4) is 0 Å². The number of fused-ring (bicyclic) bond motifs is 1. The van der Waals surface area contributed by atoms with Gasteiger partial charge in [0.15, 0.2) is 0 Å². The summed E-state index contributed by atoms with van der Waals surface area (Å²) in [5.41, 5.74) is 1.22. The number of hydrogen-bond donors (Lipinski definition) is 0. The molecule has 2 aromatic heterocycles. The molecule has 0 aliphatic carbocycles. The summed E-state index contributed by atoms with van der Waals surface area (Å²) in [7, 11) is 0. The number of furan rings is 1. The van der Waals surface area contributed by atoms with Gasteiger partial charge in [-0.05, 0) is 78.0 Å². The SMILES string of the molecule is O=C(c1cccc(F)c1)N(CC(=O)N1CCc2sccc2[C@@H]1COc1ccc(Cl)cc1)Cc1ccco1. The molecule has 37 heavy (non-hydrogen) atoms. The van der Waals surface area contributed by atoms with Crippen LogP contribution >= 0.6 is 22.9 Å². The first-order valence-corrected chi connectivity index (χ1v) is 13.0. The zero-order valence-corrected chi connectivity index (χ0v) is 21.4. The van der Waals surface area contributed by atoms with Crippen molar-refractivity contribution < 1.29 is 23.1 Å². The van der Waals surface area contributed by atoms with E-state index >= 15 is 0 Å². The summed E-state index contributed by atoms with van der Waals surface area (Å²) >= 11 is 7.65. The molecule has 4 aromatic rings. The molecule has 5 rings (SSSR count). The van der Waals surface area contributed by atoms with Crippen molar-refractivity contribution in [1.29, 1.82) is 0 Å². The minimum absolute atomic E-state index is 0.0809. The molecule has 9 heteroatoms. The van der Waals surface area contributed by atoms with Crippen molar-refractivity contribution >= 4 is 34.8 Å². The summed E-state index contributed by atoms with van der Waals surface area (Å²) in [6.07, 6.45) is 2.24. The van der Waals surface area contributed by atoms with Crippen molar-refractivity contribution in [2.45, 2.75) is 19.0 Å². The summed E-state index contributed by atoms with van der Waals surface area (Å²) in [6.45, 7) is 0.654. The third-order valence-corrected chi connectivity index (χ3v) is 7.50. The molecule has 0 fully saturated rings. The Hall–Kier alpha value is -3.62. The summed E-state index contributed by atoms with van der Waals surface area (Å²) in [5, 5.41) is 2.63. The summed E-state index contributed by atoms with van der Waals surface area (Å²) in [5.74, 6) is -0.0151. The average molecular weight is 539 g/mol. The van der Waals surface area contributed by atoms with Gasteiger partial charge in [-0.2, -0.15) is 0 Å². The number of hydrogen-bond acceptors (Lipinski definition) is 5. The quantitative estimate of drug-likeness (QED) is 0.277. The molecule has 0 saturated carbocycles. The minimum atomic E-state index is -0.518. The number of ether oxygens (including phenoxy) is 1. The molecule has 0 bridgehead atoms. The van der Waals surface area contributed by atoms with Gasteiger partial charge in [-0.15, -0.1) is 11.3 Å². The van der Waals surface area contributed by atoms with Crippen LogP contribution in [0, 0.1) is 5.82 Å². The number of amides is 2. The topological polar surface area (TPSA) is 63.0 Å². The molecule has 6 nitrogen and oxygen atoms in total. The molecule has 2 amide bonds. The van der Waals surface area contributed by atoms with Crippen LogP contribution < -0.4 is 4.74 Å². The first-order chi connectivity index (χ1) is 18.0. The van der Waals surface area contributed by atoms with Gasteiger partial charge in [0, 0.05) is 22.0 Å². The summed E-state index contributed by atoms with van der Waals surface area (Å²) in [4.78, 5) is 31.4. The Morgan fingerprint density at radius 3 is 2.73 bits per heavy atom. The molecule has 1 aliphatic rings. The van der Waals surface area contributed by atoms with Crippen LogP contribution in [0.15, 0.2) is 82.8 Å². The second kappa shape index (κ2) is 11.2. The van der Waals surface area contributed by atoms with E-state index in [0.717, 1.165) is 12.0 Å². The monoisotopic (exact) mass is 538 g/mol. The summed E-state index contributed by atoms with van der Waals surface area (Å²) in [6, 6.07) is 17.7. The van der Waals surface area contributed by atoms with Crippen molar-refractivity contribution in [3.8, 4) is 5.75 Å². The number of rotatable bonds is 8. The smallest absolute Gasteiger partial charge is 0.254 e. The Balaban J connectivity index is 1.37. The van der Waals surface area contributed by atoms with Crippen molar-refractivity contribution in [1.82, 2.24) is 9.80 Å². The fourth-order valence-corrected chi connectivity index (χ4v) is 5.48. The van der Waals surface area contributed by atoms with E-state index in [4.69, 9.17) is 20.8 Å². The van der Waals surface area contributed by atoms with Crippen LogP contribution in [0.4, 0.5) is 4.39 Å². The van der Waals surface area contributed by atoms with Gasteiger partial charge in [0.2, 0.25) is 5.91 Å². The Bertz CT molecular complexity index is 1370. The van der Waals surface area contributed by atoms with Crippen molar-refractivity contribution in [3.63, 3.8) is 0 Å². The Morgan fingerprint density at radius 2 is 1.97 bits per heavy atom. The molecular formula is C28H24ClFN2O4S. The number of carbonyl (C=O) groups excluding carboxylic acids is 2. The highest BCUT2D eigenvalue weighted by Gasteiger charge is 2.34. The van der Waals surface area contributed by atoms with E-state index in [2.05, 4.69) is 0 Å². The van der Waals surface area contributed by atoms with Crippen LogP contribution in [0.1, 0.15) is 32.6 Å².